The van der Waals surface area contributed by atoms with Crippen molar-refractivity contribution in [3.63, 3.8) is 0 Å². The third kappa shape index (κ3) is 1.37. The van der Waals surface area contributed by atoms with Gasteiger partial charge in [-0.05, 0) is 31.4 Å². The summed E-state index contributed by atoms with van der Waals surface area (Å²) in [5.41, 5.74) is 2.67. The van der Waals surface area contributed by atoms with Gasteiger partial charge in [-0.1, -0.05) is 6.92 Å². The minimum absolute atomic E-state index is 0.449. The molecular formula is C10H17N3. The molecule has 1 N–H and O–H groups in total. The zero-order valence-electron chi connectivity index (χ0n) is 8.54. The zero-order chi connectivity index (χ0) is 9.42. The first-order chi connectivity index (χ1) is 6.22. The molecule has 0 bridgehead atoms. The Morgan fingerprint density at radius 2 is 2.38 bits per heavy atom. The van der Waals surface area contributed by atoms with Crippen LogP contribution < -0.4 is 5.32 Å². The van der Waals surface area contributed by atoms with Crippen molar-refractivity contribution in [3.8, 4) is 0 Å². The standard InChI is InChI=1S/C10H17N3/c1-7-4-5-8-6-13(3)12-10(8)9(7)11-2/h6-7,9,11H,4-5H2,1-3H3. The Balaban J connectivity index is 2.38. The fraction of sp³-hybridized carbons (Fsp3) is 0.700. The first-order valence-corrected chi connectivity index (χ1v) is 4.92. The van der Waals surface area contributed by atoms with Gasteiger partial charge >= 0.3 is 0 Å². The predicted octanol–water partition coefficient (Wildman–Crippen LogP) is 1.26. The van der Waals surface area contributed by atoms with Crippen LogP contribution in [0.3, 0.4) is 0 Å². The van der Waals surface area contributed by atoms with E-state index < -0.39 is 0 Å². The number of aryl methyl sites for hydroxylation is 2. The maximum atomic E-state index is 4.51. The minimum atomic E-state index is 0.449. The molecule has 0 aromatic carbocycles. The van der Waals surface area contributed by atoms with Crippen LogP contribution in [-0.4, -0.2) is 16.8 Å². The zero-order valence-corrected chi connectivity index (χ0v) is 8.54. The monoisotopic (exact) mass is 179 g/mol. The number of fused-ring (bicyclic) bond motifs is 1. The lowest BCUT2D eigenvalue weighted by molar-refractivity contribution is 0.356. The Kier molecular flexibility index (Phi) is 2.12. The van der Waals surface area contributed by atoms with E-state index in [4.69, 9.17) is 0 Å². The first-order valence-electron chi connectivity index (χ1n) is 4.92. The Hall–Kier alpha value is -0.830. The van der Waals surface area contributed by atoms with Crippen molar-refractivity contribution in [2.75, 3.05) is 7.05 Å². The Bertz CT molecular complexity index is 303. The third-order valence-electron chi connectivity index (χ3n) is 2.98. The lowest BCUT2D eigenvalue weighted by Crippen LogP contribution is -2.28. The summed E-state index contributed by atoms with van der Waals surface area (Å²) < 4.78 is 1.92. The molecule has 1 aliphatic carbocycles. The molecule has 0 amide bonds. The predicted molar refractivity (Wildman–Crippen MR) is 52.5 cm³/mol. The topological polar surface area (TPSA) is 29.9 Å². The number of rotatable bonds is 1. The highest BCUT2D eigenvalue weighted by Gasteiger charge is 2.27. The summed E-state index contributed by atoms with van der Waals surface area (Å²) in [5.74, 6) is 0.701. The molecule has 3 heteroatoms. The number of nitrogens with one attached hydrogen (secondary N) is 1. The van der Waals surface area contributed by atoms with Crippen molar-refractivity contribution in [2.24, 2.45) is 13.0 Å². The molecule has 2 atom stereocenters. The largest absolute Gasteiger partial charge is 0.311 e. The summed E-state index contributed by atoms with van der Waals surface area (Å²) >= 11 is 0. The van der Waals surface area contributed by atoms with Crippen molar-refractivity contribution >= 4 is 0 Å². The van der Waals surface area contributed by atoms with Crippen molar-refractivity contribution < 1.29 is 0 Å². The number of aromatic nitrogens is 2. The van der Waals surface area contributed by atoms with Crippen molar-refractivity contribution in [2.45, 2.75) is 25.8 Å². The van der Waals surface area contributed by atoms with Gasteiger partial charge in [0, 0.05) is 13.2 Å². The fourth-order valence-electron chi connectivity index (χ4n) is 2.25. The molecule has 1 heterocycles. The SMILES string of the molecule is CNC1c2nn(C)cc2CCC1C. The molecule has 0 saturated carbocycles. The molecule has 2 rings (SSSR count). The normalized spacial score (nSPS) is 27.3. The van der Waals surface area contributed by atoms with Crippen LogP contribution in [0, 0.1) is 5.92 Å². The summed E-state index contributed by atoms with van der Waals surface area (Å²) in [6.45, 7) is 2.29. The fourth-order valence-corrected chi connectivity index (χ4v) is 2.25. The molecule has 0 fully saturated rings. The highest BCUT2D eigenvalue weighted by atomic mass is 15.3. The second-order valence-electron chi connectivity index (χ2n) is 4.00. The van der Waals surface area contributed by atoms with Crippen LogP contribution in [-0.2, 0) is 13.5 Å². The molecule has 2 unspecified atom stereocenters. The van der Waals surface area contributed by atoms with Crippen LogP contribution in [0.5, 0.6) is 0 Å². The van der Waals surface area contributed by atoms with Gasteiger partial charge in [-0.2, -0.15) is 5.10 Å². The summed E-state index contributed by atoms with van der Waals surface area (Å²) in [5, 5.41) is 7.86. The lowest BCUT2D eigenvalue weighted by Gasteiger charge is -2.27. The molecule has 3 nitrogen and oxygen atoms in total. The van der Waals surface area contributed by atoms with Gasteiger partial charge in [-0.25, -0.2) is 0 Å². The molecule has 72 valence electrons. The van der Waals surface area contributed by atoms with E-state index in [1.165, 1.54) is 24.1 Å². The van der Waals surface area contributed by atoms with Gasteiger partial charge in [0.15, 0.2) is 0 Å². The van der Waals surface area contributed by atoms with E-state index in [2.05, 4.69) is 23.5 Å². The molecule has 0 saturated heterocycles. The molecular weight excluding hydrogens is 162 g/mol. The quantitative estimate of drug-likeness (QED) is 0.703. The highest BCUT2D eigenvalue weighted by Crippen LogP contribution is 2.32. The first kappa shape index (κ1) is 8.75. The van der Waals surface area contributed by atoms with Crippen molar-refractivity contribution in [3.05, 3.63) is 17.5 Å². The average molecular weight is 179 g/mol. The molecule has 0 radical (unpaired) electrons. The van der Waals surface area contributed by atoms with Crippen LogP contribution in [0.2, 0.25) is 0 Å². The molecule has 0 aliphatic heterocycles. The Morgan fingerprint density at radius 1 is 1.62 bits per heavy atom. The van der Waals surface area contributed by atoms with Gasteiger partial charge in [-0.3, -0.25) is 4.68 Å². The molecule has 1 aliphatic rings. The van der Waals surface area contributed by atoms with E-state index in [0.29, 0.717) is 12.0 Å². The van der Waals surface area contributed by atoms with Gasteiger partial charge in [0.1, 0.15) is 0 Å². The van der Waals surface area contributed by atoms with E-state index >= 15 is 0 Å². The van der Waals surface area contributed by atoms with E-state index in [-0.39, 0.29) is 0 Å². The summed E-state index contributed by atoms with van der Waals surface area (Å²) in [6, 6.07) is 0.449. The van der Waals surface area contributed by atoms with Crippen LogP contribution in [0.25, 0.3) is 0 Å². The smallest absolute Gasteiger partial charge is 0.0828 e. The van der Waals surface area contributed by atoms with E-state index in [1.807, 2.05) is 18.8 Å². The van der Waals surface area contributed by atoms with Gasteiger partial charge in [0.05, 0.1) is 11.7 Å². The number of nitrogens with zero attached hydrogens (tertiary/aromatic N) is 2. The second-order valence-corrected chi connectivity index (χ2v) is 4.00. The maximum Gasteiger partial charge on any atom is 0.0828 e. The minimum Gasteiger partial charge on any atom is -0.311 e. The molecule has 13 heavy (non-hydrogen) atoms. The second kappa shape index (κ2) is 3.14. The van der Waals surface area contributed by atoms with E-state index in [0.717, 1.165) is 0 Å². The van der Waals surface area contributed by atoms with Crippen LogP contribution in [0.1, 0.15) is 30.6 Å². The third-order valence-corrected chi connectivity index (χ3v) is 2.98. The molecule has 1 aromatic heterocycles. The maximum absolute atomic E-state index is 4.51. The Morgan fingerprint density at radius 3 is 3.08 bits per heavy atom. The van der Waals surface area contributed by atoms with Crippen molar-refractivity contribution in [1.29, 1.82) is 0 Å². The average Bonchev–Trinajstić information content (AvgIpc) is 2.45. The highest BCUT2D eigenvalue weighted by molar-refractivity contribution is 5.24. The Labute approximate surface area is 79.1 Å². The van der Waals surface area contributed by atoms with Gasteiger partial charge in [0.25, 0.3) is 0 Å². The number of hydrogen-bond donors (Lipinski definition) is 1. The van der Waals surface area contributed by atoms with E-state index in [1.54, 1.807) is 0 Å². The van der Waals surface area contributed by atoms with Crippen LogP contribution >= 0.6 is 0 Å². The van der Waals surface area contributed by atoms with Crippen LogP contribution in [0.4, 0.5) is 0 Å². The molecule has 1 aromatic rings. The number of hydrogen-bond acceptors (Lipinski definition) is 2. The van der Waals surface area contributed by atoms with Crippen LogP contribution in [0.15, 0.2) is 6.20 Å². The van der Waals surface area contributed by atoms with E-state index in [9.17, 15) is 0 Å². The lowest BCUT2D eigenvalue weighted by atomic mass is 9.85. The summed E-state index contributed by atoms with van der Waals surface area (Å²) in [4.78, 5) is 0. The van der Waals surface area contributed by atoms with Gasteiger partial charge in [-0.15, -0.1) is 0 Å². The summed E-state index contributed by atoms with van der Waals surface area (Å²) in [6.07, 6.45) is 4.60. The van der Waals surface area contributed by atoms with Crippen molar-refractivity contribution in [1.82, 2.24) is 15.1 Å². The molecule has 0 spiro atoms. The van der Waals surface area contributed by atoms with Gasteiger partial charge in [0.2, 0.25) is 0 Å². The van der Waals surface area contributed by atoms with Gasteiger partial charge < -0.3 is 5.32 Å². The summed E-state index contributed by atoms with van der Waals surface area (Å²) in [7, 11) is 4.01.